The van der Waals surface area contributed by atoms with Crippen molar-refractivity contribution in [2.75, 3.05) is 19.6 Å². The summed E-state index contributed by atoms with van der Waals surface area (Å²) in [5.41, 5.74) is 0.713. The third-order valence-corrected chi connectivity index (χ3v) is 5.59. The molecule has 9 heteroatoms. The molecule has 2 aromatic rings. The van der Waals surface area contributed by atoms with Gasteiger partial charge in [0.2, 0.25) is 0 Å². The molecule has 2 heterocycles. The van der Waals surface area contributed by atoms with E-state index in [4.69, 9.17) is 4.74 Å². The Morgan fingerprint density at radius 2 is 2.11 bits per heavy atom. The van der Waals surface area contributed by atoms with Gasteiger partial charge in [0.25, 0.3) is 5.91 Å². The number of aryl methyl sites for hydroxylation is 1. The van der Waals surface area contributed by atoms with Crippen LogP contribution in [0.15, 0.2) is 24.3 Å². The van der Waals surface area contributed by atoms with Crippen LogP contribution in [0.5, 0.6) is 5.75 Å². The molecule has 0 spiro atoms. The number of rotatable bonds is 7. The Balaban J connectivity index is 0.00000196. The first-order valence-electron chi connectivity index (χ1n) is 8.95. The lowest BCUT2D eigenvalue weighted by atomic mass is 9.96. The van der Waals surface area contributed by atoms with Crippen LogP contribution in [0.2, 0.25) is 0 Å². The molecular weight excluding hydrogens is 424 g/mol. The number of carbonyl (C=O) groups excluding carboxylic acids is 1. The fraction of sp³-hybridized carbons (Fsp3) is 0.474. The number of benzene rings is 1. The van der Waals surface area contributed by atoms with Crippen molar-refractivity contribution >= 4 is 42.1 Å². The van der Waals surface area contributed by atoms with Crippen LogP contribution >= 0.6 is 36.2 Å². The summed E-state index contributed by atoms with van der Waals surface area (Å²) in [5, 5.41) is 7.12. The number of aromatic nitrogens is 1. The maximum atomic E-state index is 12.9. The fourth-order valence-electron chi connectivity index (χ4n) is 3.04. The van der Waals surface area contributed by atoms with Gasteiger partial charge in [-0.15, -0.1) is 36.2 Å². The average molecular weight is 450 g/mol. The van der Waals surface area contributed by atoms with Crippen molar-refractivity contribution in [2.24, 2.45) is 5.92 Å². The molecule has 1 amide bonds. The Hall–Kier alpha value is -1.41. The van der Waals surface area contributed by atoms with Gasteiger partial charge >= 0.3 is 0 Å². The number of carbonyl (C=O) groups is 1. The Morgan fingerprint density at radius 3 is 2.79 bits per heavy atom. The predicted octanol–water partition coefficient (Wildman–Crippen LogP) is 4.13. The Labute approximate surface area is 181 Å². The van der Waals surface area contributed by atoms with Gasteiger partial charge in [-0.2, -0.15) is 0 Å². The molecule has 1 aliphatic heterocycles. The van der Waals surface area contributed by atoms with Gasteiger partial charge in [0.1, 0.15) is 28.1 Å². The first-order chi connectivity index (χ1) is 12.6. The minimum Gasteiger partial charge on any atom is -0.486 e. The van der Waals surface area contributed by atoms with E-state index < -0.39 is 0 Å². The monoisotopic (exact) mass is 449 g/mol. The number of piperidine rings is 1. The molecule has 1 unspecified atom stereocenters. The molecule has 156 valence electrons. The molecule has 5 nitrogen and oxygen atoms in total. The average Bonchev–Trinajstić information content (AvgIpc) is 3.03. The van der Waals surface area contributed by atoms with E-state index in [0.29, 0.717) is 28.8 Å². The van der Waals surface area contributed by atoms with Crippen LogP contribution in [0.1, 0.15) is 39.6 Å². The lowest BCUT2D eigenvalue weighted by Gasteiger charge is -2.22. The van der Waals surface area contributed by atoms with Crippen LogP contribution in [-0.2, 0) is 6.61 Å². The molecule has 1 aromatic carbocycles. The highest BCUT2D eigenvalue weighted by Crippen LogP contribution is 2.21. The molecule has 0 saturated carbocycles. The Kier molecular flexibility index (Phi) is 10.7. The van der Waals surface area contributed by atoms with Crippen molar-refractivity contribution in [1.82, 2.24) is 15.6 Å². The van der Waals surface area contributed by atoms with Gasteiger partial charge in [-0.05, 0) is 69.5 Å². The number of nitrogens with zero attached hydrogens (tertiary/aromatic N) is 1. The molecule has 0 bridgehead atoms. The number of nitrogens with one attached hydrogen (secondary N) is 2. The predicted molar refractivity (Wildman–Crippen MR) is 115 cm³/mol. The van der Waals surface area contributed by atoms with Crippen LogP contribution in [0.3, 0.4) is 0 Å². The van der Waals surface area contributed by atoms with Crippen LogP contribution in [-0.4, -0.2) is 30.5 Å². The topological polar surface area (TPSA) is 63.2 Å². The maximum absolute atomic E-state index is 12.9. The number of ether oxygens (including phenoxy) is 1. The zero-order chi connectivity index (χ0) is 18.4. The largest absolute Gasteiger partial charge is 0.486 e. The van der Waals surface area contributed by atoms with Crippen molar-refractivity contribution in [3.63, 3.8) is 0 Å². The van der Waals surface area contributed by atoms with Gasteiger partial charge in [0, 0.05) is 6.54 Å². The quantitative estimate of drug-likeness (QED) is 0.666. The number of hydrogen-bond donors (Lipinski definition) is 2. The van der Waals surface area contributed by atoms with Crippen molar-refractivity contribution in [2.45, 2.75) is 32.8 Å². The van der Waals surface area contributed by atoms with Crippen LogP contribution in [0.4, 0.5) is 4.39 Å². The van der Waals surface area contributed by atoms with Crippen molar-refractivity contribution in [1.29, 1.82) is 0 Å². The van der Waals surface area contributed by atoms with Crippen molar-refractivity contribution < 1.29 is 13.9 Å². The molecule has 0 radical (unpaired) electrons. The van der Waals surface area contributed by atoms with E-state index in [0.717, 1.165) is 24.5 Å². The summed E-state index contributed by atoms with van der Waals surface area (Å²) in [6.07, 6.45) is 3.44. The van der Waals surface area contributed by atoms with E-state index in [1.54, 1.807) is 12.1 Å². The highest BCUT2D eigenvalue weighted by Gasteiger charge is 2.17. The number of amides is 1. The van der Waals surface area contributed by atoms with E-state index in [1.165, 1.54) is 36.3 Å². The smallest absolute Gasteiger partial charge is 0.263 e. The molecule has 1 aliphatic rings. The van der Waals surface area contributed by atoms with E-state index >= 15 is 0 Å². The van der Waals surface area contributed by atoms with Crippen LogP contribution < -0.4 is 15.4 Å². The first kappa shape index (κ1) is 24.6. The third-order valence-electron chi connectivity index (χ3n) is 4.46. The maximum Gasteiger partial charge on any atom is 0.263 e. The summed E-state index contributed by atoms with van der Waals surface area (Å²) in [5.74, 6) is 0.847. The zero-order valence-corrected chi connectivity index (χ0v) is 18.2. The third kappa shape index (κ3) is 7.20. The second-order valence-electron chi connectivity index (χ2n) is 6.52. The molecule has 1 aromatic heterocycles. The second kappa shape index (κ2) is 12.2. The van der Waals surface area contributed by atoms with Crippen LogP contribution in [0.25, 0.3) is 0 Å². The standard InChI is InChI=1S/C19H24FN3O2S.2ClH/c1-13-18(19(24)22-10-8-14-3-2-9-21-11-14)26-17(23-13)12-25-16-6-4-15(20)5-7-16;;/h4-7,14,21H,2-3,8-12H2,1H3,(H,22,24);2*1H. The van der Waals surface area contributed by atoms with Crippen molar-refractivity contribution in [3.8, 4) is 5.75 Å². The Bertz CT molecular complexity index is 737. The highest BCUT2D eigenvalue weighted by molar-refractivity contribution is 7.13. The van der Waals surface area contributed by atoms with Gasteiger partial charge in [-0.3, -0.25) is 4.79 Å². The minimum atomic E-state index is -0.301. The molecule has 28 heavy (non-hydrogen) atoms. The molecule has 0 aliphatic carbocycles. The van der Waals surface area contributed by atoms with E-state index in [9.17, 15) is 9.18 Å². The van der Waals surface area contributed by atoms with E-state index in [2.05, 4.69) is 15.6 Å². The number of thiazole rings is 1. The van der Waals surface area contributed by atoms with Gasteiger partial charge in [-0.25, -0.2) is 9.37 Å². The lowest BCUT2D eigenvalue weighted by molar-refractivity contribution is 0.0954. The summed E-state index contributed by atoms with van der Waals surface area (Å²) in [7, 11) is 0. The minimum absolute atomic E-state index is 0. The molecule has 3 rings (SSSR count). The highest BCUT2D eigenvalue weighted by atomic mass is 35.5. The number of hydrogen-bond acceptors (Lipinski definition) is 5. The van der Waals surface area contributed by atoms with Gasteiger partial charge in [0.15, 0.2) is 0 Å². The zero-order valence-electron chi connectivity index (χ0n) is 15.7. The Morgan fingerprint density at radius 1 is 1.36 bits per heavy atom. The SMILES string of the molecule is Cc1nc(COc2ccc(F)cc2)sc1C(=O)NCCC1CCCNC1.Cl.Cl. The van der Waals surface area contributed by atoms with E-state index in [-0.39, 0.29) is 43.1 Å². The number of halogens is 3. The summed E-state index contributed by atoms with van der Waals surface area (Å²) in [6.45, 7) is 4.92. The second-order valence-corrected chi connectivity index (χ2v) is 7.61. The van der Waals surface area contributed by atoms with Crippen LogP contribution in [0, 0.1) is 18.7 Å². The summed E-state index contributed by atoms with van der Waals surface area (Å²) >= 11 is 1.34. The van der Waals surface area contributed by atoms with Crippen molar-refractivity contribution in [3.05, 3.63) is 45.7 Å². The molecule has 1 fully saturated rings. The normalized spacial score (nSPS) is 15.9. The molecule has 2 N–H and O–H groups in total. The summed E-state index contributed by atoms with van der Waals surface area (Å²) in [4.78, 5) is 17.4. The first-order valence-corrected chi connectivity index (χ1v) is 9.77. The van der Waals surface area contributed by atoms with E-state index in [1.807, 2.05) is 6.92 Å². The molecular formula is C19H26Cl2FN3O2S. The van der Waals surface area contributed by atoms with Gasteiger partial charge in [-0.1, -0.05) is 0 Å². The summed E-state index contributed by atoms with van der Waals surface area (Å²) < 4.78 is 18.5. The molecule has 1 saturated heterocycles. The van der Waals surface area contributed by atoms with Gasteiger partial charge < -0.3 is 15.4 Å². The fourth-order valence-corrected chi connectivity index (χ4v) is 3.94. The molecule has 1 atom stereocenters. The lowest BCUT2D eigenvalue weighted by Crippen LogP contribution is -2.33. The summed E-state index contributed by atoms with van der Waals surface area (Å²) in [6, 6.07) is 5.85. The van der Waals surface area contributed by atoms with Gasteiger partial charge in [0.05, 0.1) is 5.69 Å².